The zero-order valence-electron chi connectivity index (χ0n) is 18.9. The van der Waals surface area contributed by atoms with E-state index in [0.29, 0.717) is 30.0 Å². The van der Waals surface area contributed by atoms with Crippen molar-refractivity contribution in [2.24, 2.45) is 11.1 Å². The van der Waals surface area contributed by atoms with Crippen LogP contribution in [0.15, 0.2) is 60.1 Å². The maximum atomic E-state index is 13.4. The number of benzene rings is 2. The number of oxime groups is 1. The first-order valence-electron chi connectivity index (χ1n) is 10.9. The van der Waals surface area contributed by atoms with E-state index in [0.717, 1.165) is 23.4 Å². The molecule has 1 saturated heterocycles. The number of halogens is 1. The summed E-state index contributed by atoms with van der Waals surface area (Å²) in [4.78, 5) is 19.5. The zero-order chi connectivity index (χ0) is 23.5. The molecule has 1 N–H and O–H groups in total. The van der Waals surface area contributed by atoms with Crippen LogP contribution in [0, 0.1) is 18.7 Å². The molecule has 172 valence electrons. The van der Waals surface area contributed by atoms with Gasteiger partial charge in [-0.15, -0.1) is 0 Å². The van der Waals surface area contributed by atoms with Crippen LogP contribution >= 0.6 is 0 Å². The molecule has 2 aromatic carbocycles. The fraction of sp³-hybridized carbons (Fsp3) is 0.320. The number of nitrogens with zero attached hydrogens (tertiary/aromatic N) is 4. The van der Waals surface area contributed by atoms with Crippen molar-refractivity contribution in [1.29, 1.82) is 0 Å². The van der Waals surface area contributed by atoms with Gasteiger partial charge in [-0.1, -0.05) is 23.4 Å². The maximum absolute atomic E-state index is 13.4. The van der Waals surface area contributed by atoms with Gasteiger partial charge in [0.2, 0.25) is 5.91 Å². The molecule has 1 aliphatic rings. The van der Waals surface area contributed by atoms with E-state index in [1.807, 2.05) is 36.7 Å². The van der Waals surface area contributed by atoms with Gasteiger partial charge in [0.1, 0.15) is 11.6 Å². The molecule has 0 saturated carbocycles. The lowest BCUT2D eigenvalue weighted by Gasteiger charge is -2.37. The number of rotatable bonds is 6. The fourth-order valence-corrected chi connectivity index (χ4v) is 4.39. The average Bonchev–Trinajstić information content (AvgIpc) is 3.26. The molecule has 2 atom stereocenters. The number of imidazole rings is 1. The van der Waals surface area contributed by atoms with Gasteiger partial charge in [0.15, 0.2) is 0 Å². The molecule has 1 fully saturated rings. The van der Waals surface area contributed by atoms with Crippen molar-refractivity contribution >= 4 is 11.6 Å². The summed E-state index contributed by atoms with van der Waals surface area (Å²) in [5.74, 6) is -0.436. The van der Waals surface area contributed by atoms with Crippen molar-refractivity contribution in [3.8, 4) is 11.4 Å². The molecule has 0 spiro atoms. The molecule has 2 heterocycles. The van der Waals surface area contributed by atoms with Gasteiger partial charge in [0.25, 0.3) is 0 Å². The second-order valence-electron chi connectivity index (χ2n) is 8.25. The Morgan fingerprint density at radius 1 is 1.27 bits per heavy atom. The number of aryl methyl sites for hydroxylation is 1. The minimum absolute atomic E-state index is 0.112. The maximum Gasteiger partial charge on any atom is 0.232 e. The summed E-state index contributed by atoms with van der Waals surface area (Å²) in [7, 11) is 1.57. The van der Waals surface area contributed by atoms with Gasteiger partial charge in [0, 0.05) is 18.3 Å². The lowest BCUT2D eigenvalue weighted by atomic mass is 9.87. The van der Waals surface area contributed by atoms with E-state index < -0.39 is 5.92 Å². The minimum Gasteiger partial charge on any atom is -0.495 e. The second kappa shape index (κ2) is 9.44. The Kier molecular flexibility index (Phi) is 6.44. The molecule has 1 aliphatic heterocycles. The first-order valence-corrected chi connectivity index (χ1v) is 10.9. The van der Waals surface area contributed by atoms with Crippen molar-refractivity contribution in [1.82, 2.24) is 14.5 Å². The average molecular weight is 451 g/mol. The number of carbonyl (C=O) groups excluding carboxylic acids is 1. The summed E-state index contributed by atoms with van der Waals surface area (Å²) in [5.41, 5.74) is 3.45. The normalized spacial score (nSPS) is 17.8. The first kappa shape index (κ1) is 22.5. The van der Waals surface area contributed by atoms with Crippen LogP contribution in [-0.2, 0) is 4.79 Å². The SMILES string of the molecule is COc1cc(/C(=N\O)C2CCCN(C(C)c3ccc(F)cc3)C2=O)ccc1-n1cnc(C)c1. The minimum atomic E-state index is -0.585. The Bertz CT molecular complexity index is 1170. The number of ether oxygens (including phenoxy) is 1. The monoisotopic (exact) mass is 450 g/mol. The smallest absolute Gasteiger partial charge is 0.232 e. The van der Waals surface area contributed by atoms with E-state index in [1.54, 1.807) is 36.5 Å². The highest BCUT2D eigenvalue weighted by atomic mass is 19.1. The van der Waals surface area contributed by atoms with Gasteiger partial charge >= 0.3 is 0 Å². The summed E-state index contributed by atoms with van der Waals surface area (Å²) in [5, 5.41) is 13.4. The van der Waals surface area contributed by atoms with Crippen molar-refractivity contribution < 1.29 is 19.1 Å². The number of aromatic nitrogens is 2. The Hall–Kier alpha value is -3.68. The van der Waals surface area contributed by atoms with Gasteiger partial charge in [-0.2, -0.15) is 0 Å². The van der Waals surface area contributed by atoms with Crippen LogP contribution in [0.2, 0.25) is 0 Å². The number of hydrogen-bond acceptors (Lipinski definition) is 5. The van der Waals surface area contributed by atoms with Gasteiger partial charge in [-0.25, -0.2) is 9.37 Å². The highest BCUT2D eigenvalue weighted by Gasteiger charge is 2.36. The molecule has 0 radical (unpaired) electrons. The molecule has 3 aromatic rings. The lowest BCUT2D eigenvalue weighted by Crippen LogP contribution is -2.45. The van der Waals surface area contributed by atoms with Crippen LogP contribution < -0.4 is 4.74 Å². The molecule has 1 amide bonds. The van der Waals surface area contributed by atoms with Crippen molar-refractivity contribution in [2.75, 3.05) is 13.7 Å². The van der Waals surface area contributed by atoms with E-state index in [9.17, 15) is 14.4 Å². The fourth-order valence-electron chi connectivity index (χ4n) is 4.39. The van der Waals surface area contributed by atoms with Crippen LogP contribution in [0.5, 0.6) is 5.75 Å². The van der Waals surface area contributed by atoms with E-state index >= 15 is 0 Å². The van der Waals surface area contributed by atoms with Crippen molar-refractivity contribution in [3.63, 3.8) is 0 Å². The molecule has 0 bridgehead atoms. The lowest BCUT2D eigenvalue weighted by molar-refractivity contribution is -0.138. The van der Waals surface area contributed by atoms with E-state index in [2.05, 4.69) is 10.1 Å². The molecule has 2 unspecified atom stereocenters. The summed E-state index contributed by atoms with van der Waals surface area (Å²) >= 11 is 0. The van der Waals surface area contributed by atoms with Gasteiger partial charge in [-0.3, -0.25) is 4.79 Å². The second-order valence-corrected chi connectivity index (χ2v) is 8.25. The van der Waals surface area contributed by atoms with E-state index in [-0.39, 0.29) is 17.8 Å². The number of methoxy groups -OCH3 is 1. The number of hydrogen-bond donors (Lipinski definition) is 1. The molecule has 4 rings (SSSR count). The third-order valence-electron chi connectivity index (χ3n) is 6.20. The quantitative estimate of drug-likeness (QED) is 0.341. The Balaban J connectivity index is 1.61. The predicted octanol–water partition coefficient (Wildman–Crippen LogP) is 4.51. The summed E-state index contributed by atoms with van der Waals surface area (Å²) in [6.45, 7) is 4.42. The number of piperidine rings is 1. The largest absolute Gasteiger partial charge is 0.495 e. The molecule has 0 aliphatic carbocycles. The topological polar surface area (TPSA) is 80.0 Å². The standard InChI is InChI=1S/C25H27FN4O3/c1-16-14-29(15-27-16)22-11-8-19(13-23(22)33-3)24(28-32)21-5-4-12-30(25(21)31)17(2)18-6-9-20(26)10-7-18/h6-11,13-15,17,21,32H,4-5,12H2,1-3H3/b28-24+. The first-order chi connectivity index (χ1) is 15.9. The number of likely N-dealkylation sites (tertiary alicyclic amines) is 1. The Labute approximate surface area is 192 Å². The van der Waals surface area contributed by atoms with Crippen LogP contribution in [-0.4, -0.2) is 44.9 Å². The third-order valence-corrected chi connectivity index (χ3v) is 6.20. The zero-order valence-corrected chi connectivity index (χ0v) is 18.9. The van der Waals surface area contributed by atoms with Gasteiger partial charge in [0.05, 0.1) is 42.5 Å². The third kappa shape index (κ3) is 4.46. The van der Waals surface area contributed by atoms with E-state index in [1.165, 1.54) is 12.1 Å². The van der Waals surface area contributed by atoms with Crippen LogP contribution in [0.3, 0.4) is 0 Å². The highest BCUT2D eigenvalue weighted by Crippen LogP contribution is 2.32. The molecule has 8 heteroatoms. The van der Waals surface area contributed by atoms with Gasteiger partial charge in [-0.05, 0) is 56.5 Å². The number of carbonyl (C=O) groups is 1. The summed E-state index contributed by atoms with van der Waals surface area (Å²) in [6, 6.07) is 11.4. The van der Waals surface area contributed by atoms with Crippen LogP contribution in [0.25, 0.3) is 5.69 Å². The Morgan fingerprint density at radius 3 is 2.67 bits per heavy atom. The number of amides is 1. The van der Waals surface area contributed by atoms with Crippen LogP contribution in [0.4, 0.5) is 4.39 Å². The summed E-state index contributed by atoms with van der Waals surface area (Å²) < 4.78 is 20.8. The highest BCUT2D eigenvalue weighted by molar-refractivity contribution is 6.13. The predicted molar refractivity (Wildman–Crippen MR) is 122 cm³/mol. The van der Waals surface area contributed by atoms with Gasteiger partial charge < -0.3 is 19.4 Å². The van der Waals surface area contributed by atoms with Crippen LogP contribution in [0.1, 0.15) is 42.6 Å². The molecule has 1 aromatic heterocycles. The van der Waals surface area contributed by atoms with E-state index in [4.69, 9.17) is 4.74 Å². The van der Waals surface area contributed by atoms with Crippen molar-refractivity contribution in [3.05, 3.63) is 77.6 Å². The Morgan fingerprint density at radius 2 is 2.03 bits per heavy atom. The van der Waals surface area contributed by atoms with Crippen molar-refractivity contribution in [2.45, 2.75) is 32.7 Å². The molecule has 33 heavy (non-hydrogen) atoms. The molecular weight excluding hydrogens is 423 g/mol. The molecular formula is C25H27FN4O3. The summed E-state index contributed by atoms with van der Waals surface area (Å²) in [6.07, 6.45) is 4.94. The molecule has 7 nitrogen and oxygen atoms in total.